The molecule has 7 rings (SSSR count). The van der Waals surface area contributed by atoms with Gasteiger partial charge in [-0.2, -0.15) is 5.10 Å². The third-order valence-electron chi connectivity index (χ3n) is 10.5. The normalized spacial score (nSPS) is 12.6. The van der Waals surface area contributed by atoms with Crippen molar-refractivity contribution in [2.24, 2.45) is 0 Å². The van der Waals surface area contributed by atoms with Gasteiger partial charge in [0.25, 0.3) is 21.8 Å². The van der Waals surface area contributed by atoms with Crippen molar-refractivity contribution in [2.75, 3.05) is 19.8 Å². The molecule has 1 aliphatic heterocycles. The van der Waals surface area contributed by atoms with Crippen LogP contribution >= 0.6 is 0 Å². The summed E-state index contributed by atoms with van der Waals surface area (Å²) in [4.78, 5) is 44.3. The molecule has 6 aromatic rings. The molecule has 59 heavy (non-hydrogen) atoms. The highest BCUT2D eigenvalue weighted by molar-refractivity contribution is 7.90. The summed E-state index contributed by atoms with van der Waals surface area (Å²) < 4.78 is 42.6. The number of ether oxygens (including phenoxy) is 2. The van der Waals surface area contributed by atoms with Crippen molar-refractivity contribution in [1.29, 1.82) is 0 Å². The van der Waals surface area contributed by atoms with Gasteiger partial charge in [0.2, 0.25) is 0 Å². The van der Waals surface area contributed by atoms with E-state index in [-0.39, 0.29) is 34.2 Å². The largest absolute Gasteiger partial charge is 0.494 e. The van der Waals surface area contributed by atoms with Gasteiger partial charge in [-0.15, -0.1) is 0 Å². The van der Waals surface area contributed by atoms with Crippen LogP contribution in [-0.2, 0) is 34.1 Å². The molecule has 0 aliphatic carbocycles. The van der Waals surface area contributed by atoms with Crippen LogP contribution in [0.1, 0.15) is 94.5 Å². The third-order valence-corrected chi connectivity index (χ3v) is 11.9. The van der Waals surface area contributed by atoms with E-state index in [4.69, 9.17) is 14.6 Å². The lowest BCUT2D eigenvalue weighted by atomic mass is 9.92. The van der Waals surface area contributed by atoms with E-state index in [2.05, 4.69) is 18.6 Å². The number of unbranched alkanes of at least 4 members (excludes halogenated alkanes) is 2. The van der Waals surface area contributed by atoms with Gasteiger partial charge in [0, 0.05) is 29.8 Å². The van der Waals surface area contributed by atoms with Crippen LogP contribution in [0.25, 0.3) is 27.6 Å². The molecule has 12 heteroatoms. The second kappa shape index (κ2) is 18.1. The maximum atomic E-state index is 14.9. The van der Waals surface area contributed by atoms with Crippen LogP contribution in [0.15, 0.2) is 114 Å². The van der Waals surface area contributed by atoms with Crippen LogP contribution < -0.4 is 9.46 Å². The highest BCUT2D eigenvalue weighted by atomic mass is 32.2. The summed E-state index contributed by atoms with van der Waals surface area (Å²) in [5.74, 6) is -1.23. The Morgan fingerprint density at radius 3 is 2.27 bits per heavy atom. The van der Waals surface area contributed by atoms with Crippen molar-refractivity contribution >= 4 is 38.6 Å². The summed E-state index contributed by atoms with van der Waals surface area (Å²) in [5, 5.41) is 6.42. The predicted octanol–water partition coefficient (Wildman–Crippen LogP) is 8.71. The van der Waals surface area contributed by atoms with Gasteiger partial charge in [-0.3, -0.25) is 9.59 Å². The fraction of sp³-hybridized carbons (Fsp3) is 0.277. The second-order valence-corrected chi connectivity index (χ2v) is 16.2. The highest BCUT2D eigenvalue weighted by Gasteiger charge is 2.32. The molecule has 0 saturated carbocycles. The molecule has 11 nitrogen and oxygen atoms in total. The predicted molar refractivity (Wildman–Crippen MR) is 227 cm³/mol. The third kappa shape index (κ3) is 8.92. The zero-order valence-electron chi connectivity index (χ0n) is 33.6. The highest BCUT2D eigenvalue weighted by Crippen LogP contribution is 2.36. The first-order valence-corrected chi connectivity index (χ1v) is 21.7. The average Bonchev–Trinajstić information content (AvgIpc) is 3.64. The zero-order chi connectivity index (χ0) is 41.5. The first kappa shape index (κ1) is 40.9. The van der Waals surface area contributed by atoms with Crippen LogP contribution in [0.5, 0.6) is 5.75 Å². The lowest BCUT2D eigenvalue weighted by molar-refractivity contribution is 0.0519. The molecule has 2 amide bonds. The number of carbonyl (C=O) groups excluding carboxylic acids is 3. The fourth-order valence-electron chi connectivity index (χ4n) is 7.38. The molecule has 304 valence electrons. The molecule has 1 aliphatic rings. The van der Waals surface area contributed by atoms with Crippen molar-refractivity contribution in [3.8, 4) is 22.6 Å². The SMILES string of the molecule is CCCCOc1ccc(-n2nc(C(=O)OCC)c(-c3ccc(C(=O)NS(=O)(=O)c4ccc5ccccc5c4)cc3C(=O)N3CCc4ccccc4C3)c2CCCC)cc1. The van der Waals surface area contributed by atoms with E-state index in [9.17, 15) is 22.8 Å². The molecule has 0 bridgehead atoms. The number of hydrogen-bond acceptors (Lipinski definition) is 8. The number of carbonyl (C=O) groups is 3. The van der Waals surface area contributed by atoms with Crippen LogP contribution in [0.2, 0.25) is 0 Å². The van der Waals surface area contributed by atoms with E-state index in [1.54, 1.807) is 34.7 Å². The Morgan fingerprint density at radius 1 is 0.797 bits per heavy atom. The number of aromatic nitrogens is 2. The molecule has 1 N–H and O–H groups in total. The van der Waals surface area contributed by atoms with Gasteiger partial charge in [0.1, 0.15) is 5.75 Å². The minimum Gasteiger partial charge on any atom is -0.494 e. The van der Waals surface area contributed by atoms with E-state index in [1.807, 2.05) is 66.7 Å². The van der Waals surface area contributed by atoms with E-state index in [0.29, 0.717) is 66.2 Å². The van der Waals surface area contributed by atoms with Gasteiger partial charge in [0.15, 0.2) is 5.69 Å². The first-order valence-electron chi connectivity index (χ1n) is 20.2. The Balaban J connectivity index is 1.35. The molecule has 5 aromatic carbocycles. The number of rotatable bonds is 15. The van der Waals surface area contributed by atoms with Crippen LogP contribution in [0.4, 0.5) is 0 Å². The number of amides is 2. The summed E-state index contributed by atoms with van der Waals surface area (Å²) in [7, 11) is -4.31. The van der Waals surface area contributed by atoms with E-state index >= 15 is 0 Å². The van der Waals surface area contributed by atoms with Gasteiger partial charge in [-0.25, -0.2) is 22.6 Å². The minimum absolute atomic E-state index is 0.0235. The molecule has 0 saturated heterocycles. The van der Waals surface area contributed by atoms with E-state index < -0.39 is 21.9 Å². The smallest absolute Gasteiger partial charge is 0.359 e. The molecular formula is C47H48N4O7S. The van der Waals surface area contributed by atoms with Crippen LogP contribution in [-0.4, -0.2) is 60.6 Å². The molecule has 0 unspecified atom stereocenters. The van der Waals surface area contributed by atoms with Gasteiger partial charge >= 0.3 is 5.97 Å². The quantitative estimate of drug-likeness (QED) is 0.0804. The number of nitrogens with zero attached hydrogens (tertiary/aromatic N) is 3. The summed E-state index contributed by atoms with van der Waals surface area (Å²) in [6.45, 7) is 7.33. The van der Waals surface area contributed by atoms with Gasteiger partial charge in [-0.1, -0.05) is 87.4 Å². The minimum atomic E-state index is -4.31. The van der Waals surface area contributed by atoms with Crippen molar-refractivity contribution < 1.29 is 32.3 Å². The Morgan fingerprint density at radius 2 is 1.53 bits per heavy atom. The van der Waals surface area contributed by atoms with Crippen molar-refractivity contribution in [1.82, 2.24) is 19.4 Å². The molecular weight excluding hydrogens is 765 g/mol. The monoisotopic (exact) mass is 812 g/mol. The molecule has 1 aromatic heterocycles. The summed E-state index contributed by atoms with van der Waals surface area (Å²) in [6.07, 6.45) is 4.67. The number of sulfonamides is 1. The Kier molecular flexibility index (Phi) is 12.6. The number of nitrogens with one attached hydrogen (secondary N) is 1. The lowest BCUT2D eigenvalue weighted by Crippen LogP contribution is -2.36. The van der Waals surface area contributed by atoms with E-state index in [1.165, 1.54) is 24.3 Å². The summed E-state index contributed by atoms with van der Waals surface area (Å²) >= 11 is 0. The molecule has 0 atom stereocenters. The maximum Gasteiger partial charge on any atom is 0.359 e. The molecule has 2 heterocycles. The lowest BCUT2D eigenvalue weighted by Gasteiger charge is -2.29. The number of esters is 1. The number of fused-ring (bicyclic) bond motifs is 2. The van der Waals surface area contributed by atoms with Crippen molar-refractivity contribution in [3.63, 3.8) is 0 Å². The summed E-state index contributed by atoms with van der Waals surface area (Å²) in [5.41, 5.74) is 4.43. The maximum absolute atomic E-state index is 14.9. The Labute approximate surface area is 345 Å². The average molecular weight is 813 g/mol. The van der Waals surface area contributed by atoms with Crippen molar-refractivity contribution in [3.05, 3.63) is 143 Å². The van der Waals surface area contributed by atoms with Crippen LogP contribution in [0.3, 0.4) is 0 Å². The fourth-order valence-corrected chi connectivity index (χ4v) is 8.39. The summed E-state index contributed by atoms with van der Waals surface area (Å²) in [6, 6.07) is 31.9. The van der Waals surface area contributed by atoms with Crippen molar-refractivity contribution in [2.45, 2.75) is 70.7 Å². The zero-order valence-corrected chi connectivity index (χ0v) is 34.4. The van der Waals surface area contributed by atoms with Crippen LogP contribution in [0, 0.1) is 0 Å². The van der Waals surface area contributed by atoms with E-state index in [0.717, 1.165) is 42.2 Å². The van der Waals surface area contributed by atoms with Gasteiger partial charge in [0.05, 0.1) is 29.5 Å². The molecule has 0 spiro atoms. The molecule has 0 fully saturated rings. The van der Waals surface area contributed by atoms with Gasteiger partial charge < -0.3 is 14.4 Å². The standard InChI is InChI=1S/C47H48N4O7S/c1-4-7-17-42-43(44(47(54)57-6-3)48-51(42)37-20-22-38(23-21-37)58-28-8-5-2)40-25-19-35(30-41(40)46(53)50-27-26-33-14-10-12-16-36(33)31-50)45(52)49-59(55,56)39-24-18-32-13-9-11-15-34(32)29-39/h9-16,18-25,29-30H,4-8,17,26-28,31H2,1-3H3,(H,49,52). The topological polar surface area (TPSA) is 137 Å². The van der Waals surface area contributed by atoms with Gasteiger partial charge in [-0.05, 0) is 109 Å². The number of benzene rings is 5. The first-order chi connectivity index (χ1) is 28.6. The Hall–Kier alpha value is -6.27. The second-order valence-electron chi connectivity index (χ2n) is 14.6. The Bertz CT molecular complexity index is 2620. The molecule has 0 radical (unpaired) electrons. The number of hydrogen-bond donors (Lipinski definition) is 1.